The van der Waals surface area contributed by atoms with Gasteiger partial charge in [0.25, 0.3) is 11.6 Å². The van der Waals surface area contributed by atoms with E-state index in [1.165, 1.54) is 30.3 Å². The van der Waals surface area contributed by atoms with Crippen LogP contribution in [0.3, 0.4) is 0 Å². The number of nitro groups is 1. The van der Waals surface area contributed by atoms with Crippen molar-refractivity contribution in [2.75, 3.05) is 39.4 Å². The third kappa shape index (κ3) is 7.52. The number of rotatable bonds is 13. The number of para-hydroxylation sites is 2. The highest BCUT2D eigenvalue weighted by molar-refractivity contribution is 6.00. The highest BCUT2D eigenvalue weighted by Crippen LogP contribution is 2.42. The number of nitrogens with zero attached hydrogens (tertiary/aromatic N) is 2. The van der Waals surface area contributed by atoms with Gasteiger partial charge in [-0.15, -0.1) is 0 Å². The number of benzene rings is 2. The van der Waals surface area contributed by atoms with Crippen LogP contribution in [0.2, 0.25) is 0 Å². The van der Waals surface area contributed by atoms with Gasteiger partial charge in [-0.1, -0.05) is 44.2 Å². The van der Waals surface area contributed by atoms with E-state index < -0.39 is 28.7 Å². The van der Waals surface area contributed by atoms with E-state index in [4.69, 9.17) is 9.47 Å². The first-order valence-electron chi connectivity index (χ1n) is 13.6. The number of likely N-dealkylation sites (N-methyl/N-ethyl adjacent to an activating group) is 1. The second kappa shape index (κ2) is 14.8. The summed E-state index contributed by atoms with van der Waals surface area (Å²) in [5.74, 6) is -3.40. The molecule has 0 bridgehead atoms. The molecule has 1 amide bonds. The fourth-order valence-electron chi connectivity index (χ4n) is 4.78. The Kier molecular flexibility index (Phi) is 11.2. The number of nitrogens with one attached hydrogen (secondary N) is 2. The molecule has 1 aliphatic heterocycles. The summed E-state index contributed by atoms with van der Waals surface area (Å²) in [6.07, 6.45) is 0. The smallest absolute Gasteiger partial charge is 0.336 e. The van der Waals surface area contributed by atoms with Crippen molar-refractivity contribution in [3.8, 4) is 5.75 Å². The molecular weight excluding hydrogens is 544 g/mol. The van der Waals surface area contributed by atoms with Crippen LogP contribution in [0.15, 0.2) is 71.1 Å². The lowest BCUT2D eigenvalue weighted by molar-refractivity contribution is -0.385. The highest BCUT2D eigenvalue weighted by atomic mass is 16.6. The molecule has 0 saturated heterocycles. The minimum atomic E-state index is -1.14. The quantitative estimate of drug-likeness (QED) is 0.139. The standard InChI is InChI=1S/C30H36N4O8/c1-5-33(6-2)16-18-42-30(38)26-20(4)32-19(3)25(27(26)21-11-7-9-13-23(21)34(39)40)29(37)41-17-15-31-28(36)22-12-8-10-14-24(22)35/h7-14,27,32,35H,5-6,15-18H2,1-4H3,(H,31,36). The molecule has 3 rings (SSSR count). The third-order valence-electron chi connectivity index (χ3n) is 6.95. The first-order chi connectivity index (χ1) is 20.1. The molecule has 2 aromatic carbocycles. The molecule has 0 spiro atoms. The molecule has 1 aliphatic rings. The van der Waals surface area contributed by atoms with Crippen molar-refractivity contribution in [2.24, 2.45) is 0 Å². The fraction of sp³-hybridized carbons (Fsp3) is 0.367. The van der Waals surface area contributed by atoms with Crippen LogP contribution in [0.4, 0.5) is 5.69 Å². The Morgan fingerprint density at radius 1 is 0.952 bits per heavy atom. The molecular formula is C30H36N4O8. The van der Waals surface area contributed by atoms with Crippen LogP contribution >= 0.6 is 0 Å². The van der Waals surface area contributed by atoms with Crippen LogP contribution in [0, 0.1) is 10.1 Å². The lowest BCUT2D eigenvalue weighted by Crippen LogP contribution is -2.35. The van der Waals surface area contributed by atoms with E-state index in [0.717, 1.165) is 13.1 Å². The molecule has 1 heterocycles. The van der Waals surface area contributed by atoms with Gasteiger partial charge in [-0.2, -0.15) is 0 Å². The summed E-state index contributed by atoms with van der Waals surface area (Å²) in [7, 11) is 0. The van der Waals surface area contributed by atoms with Crippen molar-refractivity contribution in [2.45, 2.75) is 33.6 Å². The summed E-state index contributed by atoms with van der Waals surface area (Å²) >= 11 is 0. The summed E-state index contributed by atoms with van der Waals surface area (Å²) in [6.45, 7) is 9.11. The Morgan fingerprint density at radius 3 is 2.12 bits per heavy atom. The normalized spacial score (nSPS) is 14.8. The lowest BCUT2D eigenvalue weighted by atomic mass is 9.79. The Balaban J connectivity index is 1.86. The first kappa shape index (κ1) is 31.8. The van der Waals surface area contributed by atoms with E-state index >= 15 is 0 Å². The molecule has 0 aromatic heterocycles. The number of hydrogen-bond acceptors (Lipinski definition) is 10. The second-order valence-corrected chi connectivity index (χ2v) is 9.52. The van der Waals surface area contributed by atoms with Gasteiger partial charge in [-0.3, -0.25) is 14.9 Å². The number of carbonyl (C=O) groups excluding carboxylic acids is 3. The van der Waals surface area contributed by atoms with Gasteiger partial charge >= 0.3 is 11.9 Å². The zero-order valence-corrected chi connectivity index (χ0v) is 24.1. The predicted octanol–water partition coefficient (Wildman–Crippen LogP) is 3.39. The Labute approximate surface area is 244 Å². The Bertz CT molecular complexity index is 1400. The van der Waals surface area contributed by atoms with Crippen molar-refractivity contribution in [1.82, 2.24) is 15.5 Å². The van der Waals surface area contributed by atoms with Crippen LogP contribution in [-0.2, 0) is 19.1 Å². The summed E-state index contributed by atoms with van der Waals surface area (Å²) < 4.78 is 11.0. The number of phenols is 1. The van der Waals surface area contributed by atoms with E-state index in [9.17, 15) is 29.6 Å². The van der Waals surface area contributed by atoms with Crippen LogP contribution < -0.4 is 10.6 Å². The maximum atomic E-state index is 13.5. The molecule has 0 fully saturated rings. The van der Waals surface area contributed by atoms with Crippen molar-refractivity contribution >= 4 is 23.5 Å². The van der Waals surface area contributed by atoms with E-state index in [0.29, 0.717) is 17.9 Å². The summed E-state index contributed by atoms with van der Waals surface area (Å²) in [5, 5.41) is 27.4. The molecule has 224 valence electrons. The van der Waals surface area contributed by atoms with Gasteiger partial charge in [-0.05, 0) is 39.1 Å². The van der Waals surface area contributed by atoms with Crippen LogP contribution in [0.1, 0.15) is 49.5 Å². The average Bonchev–Trinajstić information content (AvgIpc) is 2.97. The molecule has 0 radical (unpaired) electrons. The minimum Gasteiger partial charge on any atom is -0.507 e. The number of allylic oxidation sites excluding steroid dienone is 2. The van der Waals surface area contributed by atoms with Gasteiger partial charge < -0.3 is 30.1 Å². The van der Waals surface area contributed by atoms with E-state index in [1.54, 1.807) is 32.0 Å². The largest absolute Gasteiger partial charge is 0.507 e. The Hall–Kier alpha value is -4.71. The summed E-state index contributed by atoms with van der Waals surface area (Å²) in [4.78, 5) is 52.8. The maximum absolute atomic E-state index is 13.5. The molecule has 3 N–H and O–H groups in total. The number of amides is 1. The van der Waals surface area contributed by atoms with Gasteiger partial charge in [0.05, 0.1) is 34.1 Å². The monoisotopic (exact) mass is 580 g/mol. The van der Waals surface area contributed by atoms with Gasteiger partial charge in [0.2, 0.25) is 0 Å². The molecule has 42 heavy (non-hydrogen) atoms. The van der Waals surface area contributed by atoms with Crippen molar-refractivity contribution in [3.63, 3.8) is 0 Å². The molecule has 12 nitrogen and oxygen atoms in total. The zero-order valence-electron chi connectivity index (χ0n) is 24.1. The van der Waals surface area contributed by atoms with Crippen molar-refractivity contribution in [1.29, 1.82) is 0 Å². The zero-order chi connectivity index (χ0) is 30.8. The number of aromatic hydroxyl groups is 1. The second-order valence-electron chi connectivity index (χ2n) is 9.52. The van der Waals surface area contributed by atoms with Gasteiger partial charge in [-0.25, -0.2) is 9.59 Å². The van der Waals surface area contributed by atoms with Crippen LogP contribution in [0.5, 0.6) is 5.75 Å². The summed E-state index contributed by atoms with van der Waals surface area (Å²) in [6, 6.07) is 11.9. The van der Waals surface area contributed by atoms with E-state index in [2.05, 4.69) is 15.5 Å². The predicted molar refractivity (Wildman–Crippen MR) is 155 cm³/mol. The third-order valence-corrected chi connectivity index (χ3v) is 6.95. The van der Waals surface area contributed by atoms with Crippen molar-refractivity contribution < 1.29 is 33.9 Å². The fourth-order valence-corrected chi connectivity index (χ4v) is 4.78. The number of dihydropyridines is 1. The minimum absolute atomic E-state index is 0.0117. The number of phenolic OH excluding ortho intramolecular Hbond substituents is 1. The number of hydrogen-bond donors (Lipinski definition) is 3. The molecule has 1 unspecified atom stereocenters. The first-order valence-corrected chi connectivity index (χ1v) is 13.6. The number of nitro benzene ring substituents is 1. The SMILES string of the molecule is CCN(CC)CCOC(=O)C1=C(C)NC(C)=C(C(=O)OCCNC(=O)c2ccccc2O)C1c1ccccc1[N+](=O)[O-]. The van der Waals surface area contributed by atoms with Gasteiger partial charge in [0.15, 0.2) is 0 Å². The number of esters is 2. The average molecular weight is 581 g/mol. The highest BCUT2D eigenvalue weighted by Gasteiger charge is 2.41. The van der Waals surface area contributed by atoms with Crippen LogP contribution in [-0.4, -0.2) is 72.2 Å². The van der Waals surface area contributed by atoms with Crippen molar-refractivity contribution in [3.05, 3.63) is 92.3 Å². The maximum Gasteiger partial charge on any atom is 0.336 e. The molecule has 0 aliphatic carbocycles. The Morgan fingerprint density at radius 2 is 1.52 bits per heavy atom. The number of carbonyl (C=O) groups is 3. The summed E-state index contributed by atoms with van der Waals surface area (Å²) in [5.41, 5.74) is 0.775. The van der Waals surface area contributed by atoms with E-state index in [1.807, 2.05) is 13.8 Å². The lowest BCUT2D eigenvalue weighted by Gasteiger charge is -2.30. The topological polar surface area (TPSA) is 160 Å². The van der Waals surface area contributed by atoms with E-state index in [-0.39, 0.29) is 53.5 Å². The molecule has 12 heteroatoms. The number of ether oxygens (including phenoxy) is 2. The molecule has 0 saturated carbocycles. The molecule has 1 atom stereocenters. The van der Waals surface area contributed by atoms with Gasteiger partial charge in [0, 0.05) is 29.6 Å². The van der Waals surface area contributed by atoms with Gasteiger partial charge in [0.1, 0.15) is 19.0 Å². The van der Waals surface area contributed by atoms with Crippen LogP contribution in [0.25, 0.3) is 0 Å². The molecule has 2 aromatic rings.